The third kappa shape index (κ3) is 45.1. The number of aliphatic hydroxyl groups is 2. The van der Waals surface area contributed by atoms with Crippen molar-refractivity contribution in [1.82, 2.24) is 5.32 Å². The SMILES string of the molecule is C/C=C/CC/C=C/CC/C=C/C(O)C(CO)NC(=O)CCCCCCCCCC/C=C\C/C=C\C/C=C\C/C=C\C/C=C\C/C=C\C/C=C\C/C=C\C/C=C\C/C=C\CC. The minimum Gasteiger partial charge on any atom is -0.394 e. The number of unbranched alkanes of at least 4 members (excludes halogenated alkanes) is 10. The third-order valence-electron chi connectivity index (χ3n) is 9.57. The second kappa shape index (κ2) is 49.4. The van der Waals surface area contributed by atoms with Crippen molar-refractivity contribution < 1.29 is 15.0 Å². The summed E-state index contributed by atoms with van der Waals surface area (Å²) in [6.07, 6.45) is 81.0. The molecule has 0 heterocycles. The molecule has 0 aromatic heterocycles. The first-order chi connectivity index (χ1) is 29.7. The topological polar surface area (TPSA) is 69.6 Å². The van der Waals surface area contributed by atoms with Gasteiger partial charge in [-0.1, -0.05) is 203 Å². The van der Waals surface area contributed by atoms with Crippen LogP contribution in [0, 0.1) is 0 Å². The number of hydrogen-bond donors (Lipinski definition) is 3. The van der Waals surface area contributed by atoms with E-state index in [1.54, 1.807) is 6.08 Å². The van der Waals surface area contributed by atoms with Gasteiger partial charge in [0.05, 0.1) is 18.8 Å². The van der Waals surface area contributed by atoms with Crippen molar-refractivity contribution in [2.75, 3.05) is 6.61 Å². The van der Waals surface area contributed by atoms with Crippen LogP contribution in [0.1, 0.15) is 168 Å². The molecule has 0 aromatic rings. The number of carbonyl (C=O) groups excluding carboxylic acids is 1. The van der Waals surface area contributed by atoms with E-state index in [4.69, 9.17) is 0 Å². The number of hydrogen-bond acceptors (Lipinski definition) is 3. The molecule has 1 amide bonds. The van der Waals surface area contributed by atoms with E-state index >= 15 is 0 Å². The highest BCUT2D eigenvalue weighted by Gasteiger charge is 2.17. The number of carbonyl (C=O) groups is 1. The summed E-state index contributed by atoms with van der Waals surface area (Å²) in [4.78, 5) is 12.3. The van der Waals surface area contributed by atoms with Crippen molar-refractivity contribution in [3.8, 4) is 0 Å². The normalized spacial score (nSPS) is 14.4. The summed E-state index contributed by atoms with van der Waals surface area (Å²) in [6, 6.07) is -0.659. The molecule has 0 spiro atoms. The minimum atomic E-state index is -0.882. The van der Waals surface area contributed by atoms with Crippen molar-refractivity contribution in [3.63, 3.8) is 0 Å². The molecule has 0 saturated carbocycles. The van der Waals surface area contributed by atoms with Crippen LogP contribution in [0.15, 0.2) is 158 Å². The molecule has 0 aliphatic carbocycles. The Labute approximate surface area is 369 Å². The summed E-state index contributed by atoms with van der Waals surface area (Å²) in [5, 5.41) is 22.8. The Balaban J connectivity index is 3.67. The van der Waals surface area contributed by atoms with Crippen LogP contribution in [0.3, 0.4) is 0 Å². The van der Waals surface area contributed by atoms with Gasteiger partial charge in [-0.25, -0.2) is 0 Å². The van der Waals surface area contributed by atoms with Crippen molar-refractivity contribution in [3.05, 3.63) is 158 Å². The van der Waals surface area contributed by atoms with E-state index in [0.717, 1.165) is 116 Å². The largest absolute Gasteiger partial charge is 0.394 e. The van der Waals surface area contributed by atoms with Gasteiger partial charge in [0.25, 0.3) is 0 Å². The number of rotatable bonds is 40. The van der Waals surface area contributed by atoms with Gasteiger partial charge in [-0.3, -0.25) is 4.79 Å². The molecule has 3 N–H and O–H groups in total. The molecule has 4 heteroatoms. The van der Waals surface area contributed by atoms with Crippen LogP contribution in [-0.2, 0) is 4.79 Å². The quantitative estimate of drug-likeness (QED) is 0.0426. The average molecular weight is 822 g/mol. The van der Waals surface area contributed by atoms with Crippen molar-refractivity contribution in [2.45, 2.75) is 180 Å². The van der Waals surface area contributed by atoms with Gasteiger partial charge in [-0.15, -0.1) is 0 Å². The molecule has 0 radical (unpaired) electrons. The molecule has 0 rings (SSSR count). The van der Waals surface area contributed by atoms with Crippen molar-refractivity contribution >= 4 is 5.91 Å². The van der Waals surface area contributed by atoms with Gasteiger partial charge in [0.2, 0.25) is 5.91 Å². The summed E-state index contributed by atoms with van der Waals surface area (Å²) >= 11 is 0. The Morgan fingerprint density at radius 1 is 0.433 bits per heavy atom. The monoisotopic (exact) mass is 822 g/mol. The standard InChI is InChI=1S/C56H87NO3/c1-3-5-7-9-11-13-14-15-16-17-18-19-20-21-22-23-24-25-26-27-28-29-30-31-32-33-34-35-36-37-38-39-40-41-42-44-46-48-50-52-56(60)57-54(53-58)55(59)51-49-47-45-43-12-10-8-6-4-2/h4-7,11-13,15-16,18-19,21-22,24-25,27-28,30-31,33-34,36-37,43,49,51,54-55,58-59H,3,8-10,14,17,20,23,26,29,32,35,38-42,44-48,50,52-53H2,1-2H3,(H,57,60)/b6-4+,7-5-,13-11-,16-15-,19-18-,22-21-,25-24-,28-27-,31-30-,34-33-,37-36-,43-12+,51-49+. The number of aliphatic hydroxyl groups excluding tert-OH is 2. The summed E-state index contributed by atoms with van der Waals surface area (Å²) < 4.78 is 0. The third-order valence-corrected chi connectivity index (χ3v) is 9.57. The van der Waals surface area contributed by atoms with Crippen molar-refractivity contribution in [1.29, 1.82) is 0 Å². The maximum absolute atomic E-state index is 12.3. The van der Waals surface area contributed by atoms with Crippen molar-refractivity contribution in [2.24, 2.45) is 0 Å². The van der Waals surface area contributed by atoms with Gasteiger partial charge < -0.3 is 15.5 Å². The Morgan fingerprint density at radius 3 is 1.17 bits per heavy atom. The molecule has 60 heavy (non-hydrogen) atoms. The number of allylic oxidation sites excluding steroid dienone is 25. The zero-order chi connectivity index (χ0) is 43.5. The molecular formula is C56H87NO3. The van der Waals surface area contributed by atoms with Gasteiger partial charge in [-0.05, 0) is 116 Å². The number of amides is 1. The zero-order valence-corrected chi connectivity index (χ0v) is 38.1. The molecule has 0 bridgehead atoms. The average Bonchev–Trinajstić information content (AvgIpc) is 3.25. The van der Waals surface area contributed by atoms with Gasteiger partial charge >= 0.3 is 0 Å². The molecule has 2 atom stereocenters. The van der Waals surface area contributed by atoms with E-state index in [9.17, 15) is 15.0 Å². The van der Waals surface area contributed by atoms with E-state index < -0.39 is 12.1 Å². The van der Waals surface area contributed by atoms with Crippen LogP contribution in [0.5, 0.6) is 0 Å². The molecule has 0 saturated heterocycles. The van der Waals surface area contributed by atoms with Crippen LogP contribution in [-0.4, -0.2) is 34.9 Å². The van der Waals surface area contributed by atoms with Gasteiger partial charge in [0, 0.05) is 6.42 Å². The van der Waals surface area contributed by atoms with Gasteiger partial charge in [0.1, 0.15) is 0 Å². The minimum absolute atomic E-state index is 0.0988. The summed E-state index contributed by atoms with van der Waals surface area (Å²) in [5.74, 6) is -0.0988. The highest BCUT2D eigenvalue weighted by molar-refractivity contribution is 5.76. The fourth-order valence-electron chi connectivity index (χ4n) is 6.01. The van der Waals surface area contributed by atoms with E-state index in [-0.39, 0.29) is 12.5 Å². The molecule has 4 nitrogen and oxygen atoms in total. The summed E-state index contributed by atoms with van der Waals surface area (Å²) in [6.45, 7) is 3.92. The lowest BCUT2D eigenvalue weighted by Gasteiger charge is -2.19. The molecular weight excluding hydrogens is 735 g/mol. The Hall–Kier alpha value is -3.99. The molecule has 334 valence electrons. The lowest BCUT2D eigenvalue weighted by atomic mass is 10.1. The molecule has 0 aliphatic heterocycles. The number of nitrogens with one attached hydrogen (secondary N) is 1. The lowest BCUT2D eigenvalue weighted by molar-refractivity contribution is -0.123. The fraction of sp³-hybridized carbons (Fsp3) is 0.518. The van der Waals surface area contributed by atoms with Crippen LogP contribution in [0.4, 0.5) is 0 Å². The molecule has 0 fully saturated rings. The van der Waals surface area contributed by atoms with Crippen LogP contribution < -0.4 is 5.32 Å². The van der Waals surface area contributed by atoms with Crippen LogP contribution in [0.25, 0.3) is 0 Å². The lowest BCUT2D eigenvalue weighted by Crippen LogP contribution is -2.45. The van der Waals surface area contributed by atoms with Gasteiger partial charge in [0.15, 0.2) is 0 Å². The zero-order valence-electron chi connectivity index (χ0n) is 38.1. The van der Waals surface area contributed by atoms with E-state index in [0.29, 0.717) is 6.42 Å². The van der Waals surface area contributed by atoms with E-state index in [1.807, 2.05) is 13.0 Å². The second-order valence-electron chi connectivity index (χ2n) is 15.1. The van der Waals surface area contributed by atoms with Crippen LogP contribution in [0.2, 0.25) is 0 Å². The molecule has 2 unspecified atom stereocenters. The smallest absolute Gasteiger partial charge is 0.220 e. The Morgan fingerprint density at radius 2 is 0.767 bits per heavy atom. The van der Waals surface area contributed by atoms with Gasteiger partial charge in [-0.2, -0.15) is 0 Å². The first-order valence-electron chi connectivity index (χ1n) is 23.7. The van der Waals surface area contributed by atoms with Crippen LogP contribution >= 0.6 is 0 Å². The molecule has 0 aromatic carbocycles. The maximum Gasteiger partial charge on any atom is 0.220 e. The fourth-order valence-corrected chi connectivity index (χ4v) is 6.01. The first kappa shape index (κ1) is 56.0. The first-order valence-corrected chi connectivity index (χ1v) is 23.7. The van der Waals surface area contributed by atoms with E-state index in [2.05, 4.69) is 158 Å². The highest BCUT2D eigenvalue weighted by atomic mass is 16.3. The summed E-state index contributed by atoms with van der Waals surface area (Å²) in [7, 11) is 0. The molecule has 0 aliphatic rings. The Bertz CT molecular complexity index is 1350. The summed E-state index contributed by atoms with van der Waals surface area (Å²) in [5.41, 5.74) is 0. The maximum atomic E-state index is 12.3. The van der Waals surface area contributed by atoms with E-state index in [1.165, 1.54) is 32.1 Å². The predicted octanol–water partition coefficient (Wildman–Crippen LogP) is 15.5. The Kier molecular flexibility index (Phi) is 46.1. The predicted molar refractivity (Wildman–Crippen MR) is 266 cm³/mol. The second-order valence-corrected chi connectivity index (χ2v) is 15.1. The highest BCUT2D eigenvalue weighted by Crippen LogP contribution is 2.12.